The number of hydrogen-bond donors (Lipinski definition) is 11. The van der Waals surface area contributed by atoms with Crippen LogP contribution in [0.15, 0.2) is 0 Å². The molecule has 27 nitrogen and oxygen atoms in total. The molecule has 488 valence electrons. The lowest BCUT2D eigenvalue weighted by Crippen LogP contribution is -2.43. The molecule has 85 heavy (non-hydrogen) atoms. The molecule has 0 unspecified atom stereocenters. The largest absolute Gasteiger partial charge is 0.481 e. The molecule has 0 aromatic rings. The first-order chi connectivity index (χ1) is 40.5. The number of Topliss-reactive ketones (excluding diaryl/α,β-unsaturated/α-hetero) is 2. The summed E-state index contributed by atoms with van der Waals surface area (Å²) < 4.78 is 21.2. The molecular weight excluding hydrogens is 1120 g/mol. The molecule has 5 amide bonds. The minimum absolute atomic E-state index is 0.0309. The number of carbonyl (C=O) groups excluding carboxylic acids is 7. The molecule has 0 radical (unpaired) electrons. The van der Waals surface area contributed by atoms with Crippen LogP contribution in [0.1, 0.15) is 187 Å². The van der Waals surface area contributed by atoms with E-state index in [2.05, 4.69) is 26.6 Å². The Morgan fingerprint density at radius 2 is 0.812 bits per heavy atom. The first-order valence-electron chi connectivity index (χ1n) is 30.1. The van der Waals surface area contributed by atoms with Gasteiger partial charge in [0.15, 0.2) is 0 Å². The van der Waals surface area contributed by atoms with Crippen molar-refractivity contribution >= 4 is 70.9 Å². The number of hydrogen-bond acceptors (Lipinski definition) is 17. The van der Waals surface area contributed by atoms with Gasteiger partial charge in [0.2, 0.25) is 29.5 Å². The molecule has 0 spiro atoms. The van der Waals surface area contributed by atoms with Crippen LogP contribution < -0.4 is 26.6 Å². The fourth-order valence-corrected chi connectivity index (χ4v) is 8.65. The van der Waals surface area contributed by atoms with Crippen LogP contribution in [0.4, 0.5) is 0 Å². The third kappa shape index (κ3) is 46.8. The van der Waals surface area contributed by atoms with Gasteiger partial charge in [-0.1, -0.05) is 90.4 Å². The van der Waals surface area contributed by atoms with E-state index in [0.717, 1.165) is 51.4 Å². The summed E-state index contributed by atoms with van der Waals surface area (Å²) in [6.07, 6.45) is 13.5. The van der Waals surface area contributed by atoms with Crippen molar-refractivity contribution in [2.24, 2.45) is 17.8 Å². The predicted molar refractivity (Wildman–Crippen MR) is 307 cm³/mol. The zero-order chi connectivity index (χ0) is 63.6. The van der Waals surface area contributed by atoms with Crippen LogP contribution in [0.2, 0.25) is 0 Å². The van der Waals surface area contributed by atoms with E-state index >= 15 is 0 Å². The number of aliphatic carboxylic acids is 5. The summed E-state index contributed by atoms with van der Waals surface area (Å²) in [6.45, 7) is 3.12. The molecule has 6 atom stereocenters. The molecule has 0 saturated heterocycles. The SMILES string of the molecule is C[C@@H](CCCCNC(=O)CC[C@H](CC(=O)CC[C@H](NC(=O)COCCOCCNC(=O)COCCOCCNC(=O)CC[C@H](NC(=O)CCCCCCCCCCCCCCCCC(=O)O)C(=O)O)C(=O)O)C(=O)O)C(=O)C[C@H](C(=O)O)[C@@H](C)O. The minimum Gasteiger partial charge on any atom is -0.481 e. The van der Waals surface area contributed by atoms with Gasteiger partial charge in [-0.15, -0.1) is 0 Å². The number of amides is 5. The van der Waals surface area contributed by atoms with Gasteiger partial charge >= 0.3 is 29.8 Å². The molecule has 0 bridgehead atoms. The summed E-state index contributed by atoms with van der Waals surface area (Å²) in [7, 11) is 0. The number of rotatable bonds is 59. The maximum Gasteiger partial charge on any atom is 0.326 e. The van der Waals surface area contributed by atoms with Crippen molar-refractivity contribution in [2.45, 2.75) is 205 Å². The van der Waals surface area contributed by atoms with Crippen molar-refractivity contribution in [1.82, 2.24) is 26.6 Å². The van der Waals surface area contributed by atoms with Crippen molar-refractivity contribution in [1.29, 1.82) is 0 Å². The van der Waals surface area contributed by atoms with E-state index in [0.29, 0.717) is 25.7 Å². The zero-order valence-corrected chi connectivity index (χ0v) is 50.0. The lowest BCUT2D eigenvalue weighted by Gasteiger charge is -2.17. The first-order valence-corrected chi connectivity index (χ1v) is 30.1. The normalized spacial score (nSPS) is 13.3. The summed E-state index contributed by atoms with van der Waals surface area (Å²) in [6, 6.07) is -2.66. The van der Waals surface area contributed by atoms with Gasteiger partial charge in [-0.05, 0) is 51.9 Å². The Kier molecular flexibility index (Phi) is 47.4. The van der Waals surface area contributed by atoms with Crippen molar-refractivity contribution in [3.8, 4) is 0 Å². The molecule has 27 heteroatoms. The van der Waals surface area contributed by atoms with Crippen molar-refractivity contribution < 1.29 is 107 Å². The maximum absolute atomic E-state index is 12.6. The quantitative estimate of drug-likeness (QED) is 0.0387. The van der Waals surface area contributed by atoms with Crippen LogP contribution >= 0.6 is 0 Å². The molecule has 0 aliphatic heterocycles. The molecule has 0 aliphatic carbocycles. The predicted octanol–water partition coefficient (Wildman–Crippen LogP) is 3.71. The number of aliphatic hydroxyl groups excluding tert-OH is 1. The van der Waals surface area contributed by atoms with E-state index in [-0.39, 0.29) is 135 Å². The fraction of sp³-hybridized carbons (Fsp3) is 0.793. The highest BCUT2D eigenvalue weighted by Gasteiger charge is 2.29. The second-order valence-electron chi connectivity index (χ2n) is 21.3. The van der Waals surface area contributed by atoms with Gasteiger partial charge in [0.25, 0.3) is 0 Å². The molecular formula is C58H99N5O22. The van der Waals surface area contributed by atoms with Crippen molar-refractivity contribution in [3.05, 3.63) is 0 Å². The van der Waals surface area contributed by atoms with E-state index in [1.165, 1.54) is 39.0 Å². The summed E-state index contributed by atoms with van der Waals surface area (Å²) in [5.41, 5.74) is 0. The molecule has 0 heterocycles. The standard InChI is InChI=1S/C58H99N5O22/c1-41(48(66)38-45(42(2)64)56(76)77)19-17-18-28-59-49(67)26-22-43(55(74)75)37-44(65)23-24-46(57(78)79)63-53(71)40-85-36-34-83-32-30-61-52(70)39-84-35-33-82-31-29-60-50(68)27-25-47(58(80)81)62-51(69)20-15-13-11-9-7-5-3-4-6-8-10-12-14-16-21-54(72)73/h41-43,45-47,64H,3-40H2,1-2H3,(H,59,67)(H,60,68)(H,61,70)(H,62,69)(H,63,71)(H,72,73)(H,74,75)(H,76,77)(H,78,79)(H,80,81)/t41-,42+,43+,45-,46-,47-/m0/s1. The van der Waals surface area contributed by atoms with Crippen LogP contribution in [0.25, 0.3) is 0 Å². The van der Waals surface area contributed by atoms with E-state index in [1.807, 2.05) is 0 Å². The number of ether oxygens (including phenoxy) is 4. The van der Waals surface area contributed by atoms with Gasteiger partial charge in [0.05, 0.1) is 57.6 Å². The van der Waals surface area contributed by atoms with Gasteiger partial charge in [0.1, 0.15) is 36.9 Å². The fourth-order valence-electron chi connectivity index (χ4n) is 8.65. The lowest BCUT2D eigenvalue weighted by molar-refractivity contribution is -0.148. The Bertz CT molecular complexity index is 1990. The second-order valence-corrected chi connectivity index (χ2v) is 21.3. The van der Waals surface area contributed by atoms with Gasteiger partial charge in [0, 0.05) is 70.5 Å². The van der Waals surface area contributed by atoms with Crippen LogP contribution in [0.3, 0.4) is 0 Å². The summed E-state index contributed by atoms with van der Waals surface area (Å²) in [5, 5.41) is 68.9. The van der Waals surface area contributed by atoms with Crippen LogP contribution in [0.5, 0.6) is 0 Å². The Balaban J connectivity index is 4.04. The van der Waals surface area contributed by atoms with E-state index in [9.17, 15) is 83.1 Å². The minimum atomic E-state index is -1.47. The molecule has 11 N–H and O–H groups in total. The topological polar surface area (TPSA) is 423 Å². The third-order valence-corrected chi connectivity index (χ3v) is 13.8. The number of nitrogens with one attached hydrogen (secondary N) is 5. The number of carbonyl (C=O) groups is 12. The lowest BCUT2D eigenvalue weighted by atomic mass is 9.89. The van der Waals surface area contributed by atoms with Crippen LogP contribution in [-0.4, -0.2) is 192 Å². The Morgan fingerprint density at radius 1 is 0.376 bits per heavy atom. The molecule has 0 aromatic carbocycles. The Morgan fingerprint density at radius 3 is 1.29 bits per heavy atom. The molecule has 0 aliphatic rings. The molecule has 0 rings (SSSR count). The van der Waals surface area contributed by atoms with Crippen molar-refractivity contribution in [3.63, 3.8) is 0 Å². The van der Waals surface area contributed by atoms with E-state index < -0.39 is 108 Å². The summed E-state index contributed by atoms with van der Waals surface area (Å²) in [4.78, 5) is 144. The van der Waals surface area contributed by atoms with Gasteiger partial charge in [-0.3, -0.25) is 47.9 Å². The van der Waals surface area contributed by atoms with E-state index in [1.54, 1.807) is 6.92 Å². The summed E-state index contributed by atoms with van der Waals surface area (Å²) >= 11 is 0. The Hall–Kier alpha value is -6.16. The average Bonchev–Trinajstić information content (AvgIpc) is 3.54. The highest BCUT2D eigenvalue weighted by atomic mass is 16.5. The molecule has 0 fully saturated rings. The number of ketones is 2. The Labute approximate surface area is 498 Å². The van der Waals surface area contributed by atoms with E-state index in [4.69, 9.17) is 24.1 Å². The van der Waals surface area contributed by atoms with Crippen LogP contribution in [-0.2, 0) is 76.5 Å². The second kappa shape index (κ2) is 51.1. The maximum atomic E-state index is 12.6. The first kappa shape index (κ1) is 78.8. The highest BCUT2D eigenvalue weighted by Crippen LogP contribution is 2.19. The van der Waals surface area contributed by atoms with Gasteiger partial charge in [-0.25, -0.2) is 9.59 Å². The zero-order valence-electron chi connectivity index (χ0n) is 50.0. The van der Waals surface area contributed by atoms with Gasteiger partial charge in [-0.2, -0.15) is 0 Å². The molecule has 0 aromatic heterocycles. The average molecular weight is 1220 g/mol. The van der Waals surface area contributed by atoms with Gasteiger partial charge < -0.3 is 76.2 Å². The smallest absolute Gasteiger partial charge is 0.326 e. The number of unbranched alkanes of at least 4 members (excludes halogenated alkanes) is 14. The van der Waals surface area contributed by atoms with Crippen molar-refractivity contribution in [2.75, 3.05) is 72.5 Å². The highest BCUT2D eigenvalue weighted by molar-refractivity contribution is 5.88. The number of carboxylic acids is 5. The van der Waals surface area contributed by atoms with Crippen LogP contribution in [0, 0.1) is 17.8 Å². The number of carboxylic acid groups (broad SMARTS) is 5. The third-order valence-electron chi connectivity index (χ3n) is 13.8. The number of aliphatic hydroxyl groups is 1. The summed E-state index contributed by atoms with van der Waals surface area (Å²) in [5.74, 6) is -12.1. The monoisotopic (exact) mass is 1220 g/mol. The molecule has 0 saturated carbocycles.